The summed E-state index contributed by atoms with van der Waals surface area (Å²) in [7, 11) is -1.06. The third-order valence-corrected chi connectivity index (χ3v) is 4.05. The quantitative estimate of drug-likeness (QED) is 0.834. The number of pyridine rings is 1. The third-order valence-electron chi connectivity index (χ3n) is 2.71. The molecule has 0 spiro atoms. The Kier molecular flexibility index (Phi) is 3.94. The highest BCUT2D eigenvalue weighted by molar-refractivity contribution is 7.92. The highest BCUT2D eigenvalue weighted by Gasteiger charge is 2.19. The summed E-state index contributed by atoms with van der Waals surface area (Å²) < 4.78 is 32.4. The van der Waals surface area contributed by atoms with Gasteiger partial charge in [-0.05, 0) is 19.1 Å². The lowest BCUT2D eigenvalue weighted by atomic mass is 10.4. The van der Waals surface area contributed by atoms with Gasteiger partial charge in [0.1, 0.15) is 10.6 Å². The van der Waals surface area contributed by atoms with Crippen molar-refractivity contribution in [1.29, 1.82) is 0 Å². The van der Waals surface area contributed by atoms with Gasteiger partial charge in [0.2, 0.25) is 0 Å². The lowest BCUT2D eigenvalue weighted by Gasteiger charge is -2.04. The van der Waals surface area contributed by atoms with Crippen LogP contribution >= 0.6 is 0 Å². The van der Waals surface area contributed by atoms with Gasteiger partial charge in [-0.1, -0.05) is 0 Å². The first-order valence-electron chi connectivity index (χ1n) is 5.91. The SMILES string of the molecule is COC(=O)c1cc(NS(=O)(=O)c2ccc(C)nc2)nn1C. The van der Waals surface area contributed by atoms with Crippen molar-refractivity contribution in [3.05, 3.63) is 35.8 Å². The molecule has 0 aliphatic carbocycles. The summed E-state index contributed by atoms with van der Waals surface area (Å²) in [4.78, 5) is 15.4. The number of nitrogens with one attached hydrogen (secondary N) is 1. The number of sulfonamides is 1. The Morgan fingerprint density at radius 2 is 2.10 bits per heavy atom. The van der Waals surface area contributed by atoms with Crippen LogP contribution < -0.4 is 4.72 Å². The minimum Gasteiger partial charge on any atom is -0.464 e. The number of esters is 1. The molecular weight excluding hydrogens is 296 g/mol. The molecule has 0 amide bonds. The molecule has 21 heavy (non-hydrogen) atoms. The molecule has 1 N–H and O–H groups in total. The minimum atomic E-state index is -3.81. The van der Waals surface area contributed by atoms with Crippen LogP contribution in [0.25, 0.3) is 0 Å². The molecule has 9 heteroatoms. The number of rotatable bonds is 4. The second-order valence-corrected chi connectivity index (χ2v) is 5.95. The smallest absolute Gasteiger partial charge is 0.356 e. The highest BCUT2D eigenvalue weighted by Crippen LogP contribution is 2.16. The van der Waals surface area contributed by atoms with Gasteiger partial charge < -0.3 is 4.74 Å². The van der Waals surface area contributed by atoms with Crippen molar-refractivity contribution in [2.45, 2.75) is 11.8 Å². The number of ether oxygens (including phenoxy) is 1. The van der Waals surface area contributed by atoms with Gasteiger partial charge in [0.05, 0.1) is 7.11 Å². The van der Waals surface area contributed by atoms with Crippen molar-refractivity contribution in [1.82, 2.24) is 14.8 Å². The van der Waals surface area contributed by atoms with Gasteiger partial charge in [-0.2, -0.15) is 5.10 Å². The van der Waals surface area contributed by atoms with E-state index in [-0.39, 0.29) is 16.4 Å². The molecule has 0 fully saturated rings. The lowest BCUT2D eigenvalue weighted by molar-refractivity contribution is 0.0588. The first-order valence-corrected chi connectivity index (χ1v) is 7.39. The van der Waals surface area contributed by atoms with E-state index < -0.39 is 16.0 Å². The van der Waals surface area contributed by atoms with Crippen molar-refractivity contribution in [2.75, 3.05) is 11.8 Å². The largest absolute Gasteiger partial charge is 0.464 e. The number of methoxy groups -OCH3 is 1. The van der Waals surface area contributed by atoms with Crippen LogP contribution in [0.5, 0.6) is 0 Å². The molecule has 0 atom stereocenters. The molecule has 0 bridgehead atoms. The van der Waals surface area contributed by atoms with Crippen LogP contribution in [0.1, 0.15) is 16.2 Å². The average molecular weight is 310 g/mol. The van der Waals surface area contributed by atoms with Crippen molar-refractivity contribution in [3.8, 4) is 0 Å². The van der Waals surface area contributed by atoms with Crippen molar-refractivity contribution in [3.63, 3.8) is 0 Å². The summed E-state index contributed by atoms with van der Waals surface area (Å²) in [5, 5.41) is 3.91. The highest BCUT2D eigenvalue weighted by atomic mass is 32.2. The fraction of sp³-hybridized carbons (Fsp3) is 0.250. The van der Waals surface area contributed by atoms with Gasteiger partial charge in [-0.3, -0.25) is 14.4 Å². The number of aryl methyl sites for hydroxylation is 2. The molecule has 2 aromatic rings. The predicted molar refractivity (Wildman–Crippen MR) is 74.3 cm³/mol. The first kappa shape index (κ1) is 15.0. The molecule has 0 unspecified atom stereocenters. The van der Waals surface area contributed by atoms with Gasteiger partial charge in [0.25, 0.3) is 10.0 Å². The lowest BCUT2D eigenvalue weighted by Crippen LogP contribution is -2.13. The standard InChI is InChI=1S/C12H14N4O4S/c1-8-4-5-9(7-13-8)21(18,19)15-11-6-10(12(17)20-3)16(2)14-11/h4-7H,1-3H3,(H,14,15). The Morgan fingerprint density at radius 3 is 2.67 bits per heavy atom. The molecule has 8 nitrogen and oxygen atoms in total. The maximum absolute atomic E-state index is 12.2. The minimum absolute atomic E-state index is 0.0124. The Hall–Kier alpha value is -2.42. The molecule has 0 aliphatic rings. The van der Waals surface area contributed by atoms with Crippen molar-refractivity contribution in [2.24, 2.45) is 7.05 Å². The second kappa shape index (κ2) is 5.52. The summed E-state index contributed by atoms with van der Waals surface area (Å²) in [6.45, 7) is 1.76. The predicted octanol–water partition coefficient (Wildman–Crippen LogP) is 0.711. The molecule has 0 aliphatic heterocycles. The van der Waals surface area contributed by atoms with E-state index in [4.69, 9.17) is 0 Å². The number of nitrogens with zero attached hydrogens (tertiary/aromatic N) is 3. The summed E-state index contributed by atoms with van der Waals surface area (Å²) >= 11 is 0. The molecule has 0 saturated carbocycles. The molecule has 2 rings (SSSR count). The van der Waals surface area contributed by atoms with Crippen LogP contribution in [-0.4, -0.2) is 36.3 Å². The van der Waals surface area contributed by atoms with Crippen LogP contribution in [0.3, 0.4) is 0 Å². The average Bonchev–Trinajstić information content (AvgIpc) is 2.78. The summed E-state index contributed by atoms with van der Waals surface area (Å²) in [5.41, 5.74) is 0.844. The van der Waals surface area contributed by atoms with Crippen LogP contribution in [0.2, 0.25) is 0 Å². The van der Waals surface area contributed by atoms with Crippen LogP contribution in [0, 0.1) is 6.92 Å². The maximum Gasteiger partial charge on any atom is 0.356 e. The molecule has 0 saturated heterocycles. The van der Waals surface area contributed by atoms with Crippen molar-refractivity contribution < 1.29 is 17.9 Å². The summed E-state index contributed by atoms with van der Waals surface area (Å²) in [6, 6.07) is 4.33. The summed E-state index contributed by atoms with van der Waals surface area (Å²) in [6.07, 6.45) is 1.25. The van der Waals surface area contributed by atoms with Crippen LogP contribution in [0.15, 0.2) is 29.3 Å². The van der Waals surface area contributed by atoms with E-state index >= 15 is 0 Å². The van der Waals surface area contributed by atoms with Gasteiger partial charge in [-0.25, -0.2) is 13.2 Å². The van der Waals surface area contributed by atoms with Gasteiger partial charge in [0.15, 0.2) is 5.82 Å². The number of hydrogen-bond acceptors (Lipinski definition) is 6. The second-order valence-electron chi connectivity index (χ2n) is 4.27. The molecule has 112 valence electrons. The van der Waals surface area contributed by atoms with E-state index in [0.29, 0.717) is 5.69 Å². The number of carbonyl (C=O) groups is 1. The molecule has 0 aromatic carbocycles. The Morgan fingerprint density at radius 1 is 1.38 bits per heavy atom. The monoisotopic (exact) mass is 310 g/mol. The maximum atomic E-state index is 12.2. The van der Waals surface area contributed by atoms with E-state index in [2.05, 4.69) is 19.5 Å². The van der Waals surface area contributed by atoms with Gasteiger partial charge >= 0.3 is 5.97 Å². The Balaban J connectivity index is 2.29. The number of anilines is 1. The van der Waals surface area contributed by atoms with Crippen molar-refractivity contribution >= 4 is 21.8 Å². The van der Waals surface area contributed by atoms with E-state index in [0.717, 1.165) is 0 Å². The zero-order valence-corrected chi connectivity index (χ0v) is 12.5. The fourth-order valence-electron chi connectivity index (χ4n) is 1.62. The van der Waals surface area contributed by atoms with E-state index in [9.17, 15) is 13.2 Å². The third kappa shape index (κ3) is 3.19. The van der Waals surface area contributed by atoms with Gasteiger partial charge in [0, 0.05) is 25.0 Å². The Labute approximate surface area is 121 Å². The normalized spacial score (nSPS) is 11.2. The Bertz CT molecular complexity index is 765. The molecule has 2 aromatic heterocycles. The number of hydrogen-bond donors (Lipinski definition) is 1. The van der Waals surface area contributed by atoms with Gasteiger partial charge in [-0.15, -0.1) is 0 Å². The number of carbonyl (C=O) groups excluding carboxylic acids is 1. The molecular formula is C12H14N4O4S. The topological polar surface area (TPSA) is 103 Å². The molecule has 2 heterocycles. The van der Waals surface area contributed by atoms with E-state index in [1.807, 2.05) is 0 Å². The first-order chi connectivity index (χ1) is 9.83. The van der Waals surface area contributed by atoms with Crippen LogP contribution in [-0.2, 0) is 21.8 Å². The van der Waals surface area contributed by atoms with Crippen LogP contribution in [0.4, 0.5) is 5.82 Å². The summed E-state index contributed by atoms with van der Waals surface area (Å²) in [5.74, 6) is -0.578. The molecule has 0 radical (unpaired) electrons. The van der Waals surface area contributed by atoms with E-state index in [1.54, 1.807) is 13.0 Å². The zero-order valence-electron chi connectivity index (χ0n) is 11.7. The fourth-order valence-corrected chi connectivity index (χ4v) is 2.55. The zero-order chi connectivity index (χ0) is 15.6. The number of aromatic nitrogens is 3. The van der Waals surface area contributed by atoms with E-state index in [1.165, 1.54) is 37.2 Å².